The van der Waals surface area contributed by atoms with Gasteiger partial charge >= 0.3 is 5.82 Å². The van der Waals surface area contributed by atoms with Gasteiger partial charge in [0.25, 0.3) is 0 Å². The van der Waals surface area contributed by atoms with Crippen LogP contribution in [0.25, 0.3) is 11.3 Å². The second-order valence-corrected chi connectivity index (χ2v) is 4.85. The molecule has 2 aromatic heterocycles. The molecule has 0 spiro atoms. The second kappa shape index (κ2) is 6.23. The number of nitrogens with zero attached hydrogens (tertiary/aromatic N) is 3. The van der Waals surface area contributed by atoms with Crippen LogP contribution >= 0.6 is 0 Å². The van der Waals surface area contributed by atoms with Gasteiger partial charge in [-0.2, -0.15) is 0 Å². The Morgan fingerprint density at radius 1 is 1.09 bits per heavy atom. The average molecular weight is 307 g/mol. The molecular formula is C17H13N3O3. The van der Waals surface area contributed by atoms with Gasteiger partial charge in [0.05, 0.1) is 5.69 Å². The number of rotatable bonds is 4. The third-order valence-electron chi connectivity index (χ3n) is 3.24. The van der Waals surface area contributed by atoms with Gasteiger partial charge in [-0.25, -0.2) is 0 Å². The predicted molar refractivity (Wildman–Crippen MR) is 85.4 cm³/mol. The van der Waals surface area contributed by atoms with Crippen molar-refractivity contribution in [1.29, 1.82) is 0 Å². The Balaban J connectivity index is 1.88. The van der Waals surface area contributed by atoms with E-state index in [0.717, 1.165) is 11.3 Å². The van der Waals surface area contributed by atoms with E-state index in [1.165, 1.54) is 6.07 Å². The molecule has 114 valence electrons. The second-order valence-electron chi connectivity index (χ2n) is 4.85. The standard InChI is InChI=1S/C17H13N3O3/c1-12-16(7-8-17(19-12)20(21)22)23-14-9-10-18-15(11-14)13-5-3-2-4-6-13/h2-11H,1H3. The first-order valence-electron chi connectivity index (χ1n) is 6.95. The van der Waals surface area contributed by atoms with Gasteiger partial charge in [0.15, 0.2) is 11.4 Å². The fraction of sp³-hybridized carbons (Fsp3) is 0.0588. The van der Waals surface area contributed by atoms with Crippen molar-refractivity contribution in [3.05, 3.63) is 76.6 Å². The van der Waals surface area contributed by atoms with Crippen molar-refractivity contribution >= 4 is 5.82 Å². The van der Waals surface area contributed by atoms with Crippen molar-refractivity contribution in [2.75, 3.05) is 0 Å². The summed E-state index contributed by atoms with van der Waals surface area (Å²) >= 11 is 0. The molecule has 3 rings (SSSR count). The zero-order valence-corrected chi connectivity index (χ0v) is 12.3. The first-order chi connectivity index (χ1) is 11.1. The maximum absolute atomic E-state index is 10.7. The summed E-state index contributed by atoms with van der Waals surface area (Å²) in [6, 6.07) is 16.2. The van der Waals surface area contributed by atoms with Crippen LogP contribution < -0.4 is 4.74 Å². The van der Waals surface area contributed by atoms with Crippen LogP contribution in [0, 0.1) is 17.0 Å². The molecule has 23 heavy (non-hydrogen) atoms. The van der Waals surface area contributed by atoms with Crippen LogP contribution in [-0.2, 0) is 0 Å². The average Bonchev–Trinajstić information content (AvgIpc) is 2.57. The Kier molecular flexibility index (Phi) is 3.97. The van der Waals surface area contributed by atoms with E-state index < -0.39 is 4.92 Å². The highest BCUT2D eigenvalue weighted by Gasteiger charge is 2.13. The fourth-order valence-corrected chi connectivity index (χ4v) is 2.11. The Bertz CT molecular complexity index is 851. The van der Waals surface area contributed by atoms with Crippen LogP contribution in [0.5, 0.6) is 11.5 Å². The maximum Gasteiger partial charge on any atom is 0.363 e. The van der Waals surface area contributed by atoms with Crippen LogP contribution in [0.4, 0.5) is 5.82 Å². The van der Waals surface area contributed by atoms with Crippen molar-refractivity contribution in [2.45, 2.75) is 6.92 Å². The Morgan fingerprint density at radius 2 is 1.87 bits per heavy atom. The lowest BCUT2D eigenvalue weighted by Gasteiger charge is -2.07. The van der Waals surface area contributed by atoms with Crippen LogP contribution in [-0.4, -0.2) is 14.9 Å². The van der Waals surface area contributed by atoms with Crippen molar-refractivity contribution in [3.63, 3.8) is 0 Å². The Labute approximate surface area is 132 Å². The van der Waals surface area contributed by atoms with Crippen molar-refractivity contribution < 1.29 is 9.66 Å². The van der Waals surface area contributed by atoms with E-state index >= 15 is 0 Å². The van der Waals surface area contributed by atoms with Crippen molar-refractivity contribution in [3.8, 4) is 22.8 Å². The SMILES string of the molecule is Cc1nc([N+](=O)[O-])ccc1Oc1ccnc(-c2ccccc2)c1. The minimum atomic E-state index is -0.531. The summed E-state index contributed by atoms with van der Waals surface area (Å²) in [5, 5.41) is 10.7. The van der Waals surface area contributed by atoms with Gasteiger partial charge in [-0.15, -0.1) is 0 Å². The summed E-state index contributed by atoms with van der Waals surface area (Å²) in [5.41, 5.74) is 2.23. The minimum absolute atomic E-state index is 0.199. The molecule has 0 saturated carbocycles. The molecule has 0 unspecified atom stereocenters. The van der Waals surface area contributed by atoms with E-state index in [1.54, 1.807) is 25.3 Å². The summed E-state index contributed by atoms with van der Waals surface area (Å²) in [4.78, 5) is 18.4. The molecule has 0 bridgehead atoms. The lowest BCUT2D eigenvalue weighted by Crippen LogP contribution is -1.96. The number of ether oxygens (including phenoxy) is 1. The molecule has 0 aliphatic heterocycles. The van der Waals surface area contributed by atoms with Gasteiger partial charge in [0, 0.05) is 30.8 Å². The van der Waals surface area contributed by atoms with E-state index in [2.05, 4.69) is 9.97 Å². The van der Waals surface area contributed by atoms with E-state index in [-0.39, 0.29) is 5.82 Å². The number of hydrogen-bond acceptors (Lipinski definition) is 5. The molecule has 0 saturated heterocycles. The van der Waals surface area contributed by atoms with E-state index in [4.69, 9.17) is 4.74 Å². The van der Waals surface area contributed by atoms with E-state index in [1.807, 2.05) is 36.4 Å². The topological polar surface area (TPSA) is 78.2 Å². The van der Waals surface area contributed by atoms with Gasteiger partial charge in [-0.05, 0) is 22.0 Å². The van der Waals surface area contributed by atoms with Gasteiger partial charge in [-0.3, -0.25) is 4.98 Å². The monoisotopic (exact) mass is 307 g/mol. The first-order valence-corrected chi connectivity index (χ1v) is 6.95. The quantitative estimate of drug-likeness (QED) is 0.534. The predicted octanol–water partition coefficient (Wildman–Crippen LogP) is 4.15. The Morgan fingerprint density at radius 3 is 2.57 bits per heavy atom. The van der Waals surface area contributed by atoms with Crippen LogP contribution in [0.1, 0.15) is 5.69 Å². The molecule has 1 aromatic carbocycles. The van der Waals surface area contributed by atoms with Crippen LogP contribution in [0.2, 0.25) is 0 Å². The number of aryl methyl sites for hydroxylation is 1. The number of aromatic nitrogens is 2. The molecule has 0 amide bonds. The highest BCUT2D eigenvalue weighted by molar-refractivity contribution is 5.60. The number of hydrogen-bond donors (Lipinski definition) is 0. The molecule has 3 aromatic rings. The maximum atomic E-state index is 10.7. The molecule has 2 heterocycles. The van der Waals surface area contributed by atoms with Crippen LogP contribution in [0.3, 0.4) is 0 Å². The van der Waals surface area contributed by atoms with Gasteiger partial charge < -0.3 is 14.9 Å². The summed E-state index contributed by atoms with van der Waals surface area (Å²) in [6.45, 7) is 1.67. The Hall–Kier alpha value is -3.28. The largest absolute Gasteiger partial charge is 0.453 e. The molecule has 6 heteroatoms. The lowest BCUT2D eigenvalue weighted by molar-refractivity contribution is -0.389. The third kappa shape index (κ3) is 3.32. The summed E-state index contributed by atoms with van der Waals surface area (Å²) < 4.78 is 5.78. The zero-order chi connectivity index (χ0) is 16.2. The van der Waals surface area contributed by atoms with E-state index in [0.29, 0.717) is 17.2 Å². The minimum Gasteiger partial charge on any atom is -0.453 e. The zero-order valence-electron chi connectivity index (χ0n) is 12.3. The van der Waals surface area contributed by atoms with Crippen molar-refractivity contribution in [1.82, 2.24) is 9.97 Å². The highest BCUT2D eigenvalue weighted by Crippen LogP contribution is 2.28. The van der Waals surface area contributed by atoms with Gasteiger partial charge in [0.1, 0.15) is 5.75 Å². The lowest BCUT2D eigenvalue weighted by atomic mass is 10.1. The van der Waals surface area contributed by atoms with E-state index in [9.17, 15) is 10.1 Å². The molecule has 0 radical (unpaired) electrons. The smallest absolute Gasteiger partial charge is 0.363 e. The fourth-order valence-electron chi connectivity index (χ4n) is 2.11. The third-order valence-corrected chi connectivity index (χ3v) is 3.24. The first kappa shape index (κ1) is 14.6. The molecule has 6 nitrogen and oxygen atoms in total. The summed E-state index contributed by atoms with van der Waals surface area (Å²) in [6.07, 6.45) is 1.66. The van der Waals surface area contributed by atoms with Crippen LogP contribution in [0.15, 0.2) is 60.8 Å². The number of benzene rings is 1. The number of pyridine rings is 2. The molecule has 0 atom stereocenters. The normalized spacial score (nSPS) is 10.3. The molecule has 0 aliphatic carbocycles. The van der Waals surface area contributed by atoms with Gasteiger partial charge in [-0.1, -0.05) is 30.3 Å². The van der Waals surface area contributed by atoms with Gasteiger partial charge in [0.2, 0.25) is 0 Å². The summed E-state index contributed by atoms with van der Waals surface area (Å²) in [5.74, 6) is 0.868. The molecule has 0 fully saturated rings. The van der Waals surface area contributed by atoms with Crippen molar-refractivity contribution in [2.24, 2.45) is 0 Å². The summed E-state index contributed by atoms with van der Waals surface area (Å²) in [7, 11) is 0. The highest BCUT2D eigenvalue weighted by atomic mass is 16.6. The molecule has 0 N–H and O–H groups in total. The molecule has 0 aliphatic rings. The molecular weight excluding hydrogens is 294 g/mol. The number of nitro groups is 1.